The number of rotatable bonds is 4. The van der Waals surface area contributed by atoms with Crippen LogP contribution in [0, 0.1) is 13.8 Å². The lowest BCUT2D eigenvalue weighted by atomic mass is 10.1. The molecule has 0 saturated heterocycles. The molecule has 0 amide bonds. The molecule has 112 valence electrons. The predicted octanol–water partition coefficient (Wildman–Crippen LogP) is 3.57. The Hall–Kier alpha value is -2.10. The zero-order valence-corrected chi connectivity index (χ0v) is 13.2. The lowest BCUT2D eigenvalue weighted by Crippen LogP contribution is -2.39. The van der Waals surface area contributed by atoms with E-state index in [1.54, 1.807) is 20.8 Å². The summed E-state index contributed by atoms with van der Waals surface area (Å²) >= 11 is 0. The van der Waals surface area contributed by atoms with E-state index in [-0.39, 0.29) is 5.97 Å². The molecule has 0 aliphatic heterocycles. The van der Waals surface area contributed by atoms with E-state index in [4.69, 9.17) is 9.47 Å². The van der Waals surface area contributed by atoms with Crippen molar-refractivity contribution in [3.05, 3.63) is 35.5 Å². The van der Waals surface area contributed by atoms with Gasteiger partial charge < -0.3 is 9.47 Å². The number of benzene rings is 1. The average molecular weight is 287 g/mol. The average Bonchev–Trinajstić information content (AvgIpc) is 2.39. The van der Waals surface area contributed by atoms with E-state index in [1.807, 2.05) is 38.1 Å². The number of aromatic nitrogens is 1. The second-order valence-corrected chi connectivity index (χ2v) is 5.59. The Balaban J connectivity index is 2.33. The highest BCUT2D eigenvalue weighted by Gasteiger charge is 2.31. The molecule has 0 radical (unpaired) electrons. The van der Waals surface area contributed by atoms with Crippen molar-refractivity contribution < 1.29 is 14.3 Å². The number of aryl methyl sites for hydroxylation is 2. The number of fused-ring (bicyclic) bond motifs is 1. The lowest BCUT2D eigenvalue weighted by Gasteiger charge is -2.24. The normalized spacial score (nSPS) is 11.5. The van der Waals surface area contributed by atoms with Gasteiger partial charge in [-0.2, -0.15) is 0 Å². The van der Waals surface area contributed by atoms with Crippen LogP contribution in [0.2, 0.25) is 0 Å². The quantitative estimate of drug-likeness (QED) is 0.807. The fraction of sp³-hybridized carbons (Fsp3) is 0.412. The smallest absolute Gasteiger partial charge is 0.349 e. The fourth-order valence-corrected chi connectivity index (χ4v) is 2.25. The van der Waals surface area contributed by atoms with Crippen LogP contribution in [0.15, 0.2) is 24.3 Å². The summed E-state index contributed by atoms with van der Waals surface area (Å²) in [7, 11) is 0. The number of hydrogen-bond acceptors (Lipinski definition) is 4. The van der Waals surface area contributed by atoms with Gasteiger partial charge in [0.05, 0.1) is 12.1 Å². The third kappa shape index (κ3) is 3.32. The predicted molar refractivity (Wildman–Crippen MR) is 82.6 cm³/mol. The van der Waals surface area contributed by atoms with E-state index >= 15 is 0 Å². The molecule has 1 aromatic heterocycles. The number of carbonyl (C=O) groups excluding carboxylic acids is 1. The molecular weight excluding hydrogens is 266 g/mol. The molecule has 1 heterocycles. The standard InChI is InChI=1S/C17H21NO3/c1-6-20-16(19)17(4,5)21-13-7-8-15-14(10-13)11(2)9-12(3)18-15/h7-10H,6H2,1-5H3. The third-order valence-corrected chi connectivity index (χ3v) is 3.26. The number of pyridine rings is 1. The molecule has 0 unspecified atom stereocenters. The van der Waals surface area contributed by atoms with Gasteiger partial charge in [0.25, 0.3) is 0 Å². The van der Waals surface area contributed by atoms with Gasteiger partial charge in [0.2, 0.25) is 0 Å². The van der Waals surface area contributed by atoms with Crippen LogP contribution in [0.25, 0.3) is 10.9 Å². The Morgan fingerprint density at radius 1 is 1.24 bits per heavy atom. The fourth-order valence-electron chi connectivity index (χ4n) is 2.25. The number of nitrogens with zero attached hydrogens (tertiary/aromatic N) is 1. The number of ether oxygens (including phenoxy) is 2. The third-order valence-electron chi connectivity index (χ3n) is 3.26. The van der Waals surface area contributed by atoms with Crippen molar-refractivity contribution in [2.75, 3.05) is 6.61 Å². The van der Waals surface area contributed by atoms with Crippen molar-refractivity contribution in [2.45, 2.75) is 40.2 Å². The van der Waals surface area contributed by atoms with E-state index in [0.717, 1.165) is 22.2 Å². The molecule has 2 rings (SSSR count). The van der Waals surface area contributed by atoms with E-state index in [2.05, 4.69) is 4.98 Å². The van der Waals surface area contributed by atoms with E-state index in [1.165, 1.54) is 0 Å². The molecule has 1 aromatic carbocycles. The van der Waals surface area contributed by atoms with Gasteiger partial charge in [-0.15, -0.1) is 0 Å². The second kappa shape index (κ2) is 5.72. The summed E-state index contributed by atoms with van der Waals surface area (Å²) in [4.78, 5) is 16.4. The summed E-state index contributed by atoms with van der Waals surface area (Å²) in [6.45, 7) is 9.54. The van der Waals surface area contributed by atoms with Gasteiger partial charge in [-0.05, 0) is 64.4 Å². The highest BCUT2D eigenvalue weighted by atomic mass is 16.6. The van der Waals surface area contributed by atoms with Crippen molar-refractivity contribution in [1.82, 2.24) is 4.98 Å². The highest BCUT2D eigenvalue weighted by Crippen LogP contribution is 2.26. The molecule has 0 atom stereocenters. The van der Waals surface area contributed by atoms with Crippen molar-refractivity contribution >= 4 is 16.9 Å². The molecule has 0 aliphatic rings. The Kier molecular flexibility index (Phi) is 4.16. The molecule has 2 aromatic rings. The lowest BCUT2D eigenvalue weighted by molar-refractivity contribution is -0.158. The molecule has 4 heteroatoms. The minimum Gasteiger partial charge on any atom is -0.476 e. The van der Waals surface area contributed by atoms with Crippen LogP contribution in [0.1, 0.15) is 32.0 Å². The maximum Gasteiger partial charge on any atom is 0.349 e. The second-order valence-electron chi connectivity index (χ2n) is 5.59. The molecule has 4 nitrogen and oxygen atoms in total. The summed E-state index contributed by atoms with van der Waals surface area (Å²) < 4.78 is 10.8. The zero-order valence-electron chi connectivity index (χ0n) is 13.2. The van der Waals surface area contributed by atoms with Gasteiger partial charge in [0.1, 0.15) is 5.75 Å². The number of carbonyl (C=O) groups is 1. The summed E-state index contributed by atoms with van der Waals surface area (Å²) in [5.41, 5.74) is 2.03. The van der Waals surface area contributed by atoms with E-state index < -0.39 is 5.60 Å². The largest absolute Gasteiger partial charge is 0.476 e. The summed E-state index contributed by atoms with van der Waals surface area (Å²) in [6, 6.07) is 7.68. The van der Waals surface area contributed by atoms with Crippen LogP contribution in [0.3, 0.4) is 0 Å². The maximum atomic E-state index is 11.9. The van der Waals surface area contributed by atoms with Crippen molar-refractivity contribution in [3.63, 3.8) is 0 Å². The number of hydrogen-bond donors (Lipinski definition) is 0. The highest BCUT2D eigenvalue weighted by molar-refractivity contribution is 5.84. The van der Waals surface area contributed by atoms with Crippen molar-refractivity contribution in [2.24, 2.45) is 0 Å². The summed E-state index contributed by atoms with van der Waals surface area (Å²) in [5.74, 6) is 0.262. The molecule has 0 bridgehead atoms. The molecule has 0 spiro atoms. The Morgan fingerprint density at radius 3 is 2.62 bits per heavy atom. The first-order chi connectivity index (χ1) is 9.83. The van der Waals surface area contributed by atoms with Crippen LogP contribution in [0.5, 0.6) is 5.75 Å². The van der Waals surface area contributed by atoms with Crippen LogP contribution in [-0.4, -0.2) is 23.2 Å². The van der Waals surface area contributed by atoms with Gasteiger partial charge in [0.15, 0.2) is 5.60 Å². The van der Waals surface area contributed by atoms with Crippen LogP contribution >= 0.6 is 0 Å². The topological polar surface area (TPSA) is 48.4 Å². The molecule has 0 fully saturated rings. The van der Waals surface area contributed by atoms with Gasteiger partial charge in [-0.3, -0.25) is 4.98 Å². The van der Waals surface area contributed by atoms with Gasteiger partial charge in [0, 0.05) is 11.1 Å². The molecule has 0 saturated carbocycles. The minimum absolute atomic E-state index is 0.339. The first-order valence-electron chi connectivity index (χ1n) is 7.07. The Labute approximate surface area is 125 Å². The van der Waals surface area contributed by atoms with Gasteiger partial charge in [-0.1, -0.05) is 0 Å². The van der Waals surface area contributed by atoms with Crippen LogP contribution < -0.4 is 4.74 Å². The SMILES string of the molecule is CCOC(=O)C(C)(C)Oc1ccc2nc(C)cc(C)c2c1. The molecule has 21 heavy (non-hydrogen) atoms. The minimum atomic E-state index is -1.02. The molecule has 0 N–H and O–H groups in total. The first kappa shape index (κ1) is 15.3. The monoisotopic (exact) mass is 287 g/mol. The summed E-state index contributed by atoms with van der Waals surface area (Å²) in [5, 5.41) is 1.03. The number of esters is 1. The van der Waals surface area contributed by atoms with Crippen molar-refractivity contribution in [3.8, 4) is 5.75 Å². The first-order valence-corrected chi connectivity index (χ1v) is 7.07. The van der Waals surface area contributed by atoms with Gasteiger partial charge >= 0.3 is 5.97 Å². The molecular formula is C17H21NO3. The van der Waals surface area contributed by atoms with Crippen molar-refractivity contribution in [1.29, 1.82) is 0 Å². The summed E-state index contributed by atoms with van der Waals surface area (Å²) in [6.07, 6.45) is 0. The Morgan fingerprint density at radius 2 is 1.95 bits per heavy atom. The zero-order chi connectivity index (χ0) is 15.6. The Bertz CT molecular complexity index is 677. The van der Waals surface area contributed by atoms with E-state index in [9.17, 15) is 4.79 Å². The van der Waals surface area contributed by atoms with E-state index in [0.29, 0.717) is 12.4 Å². The van der Waals surface area contributed by atoms with Crippen LogP contribution in [-0.2, 0) is 9.53 Å². The maximum absolute atomic E-state index is 11.9. The van der Waals surface area contributed by atoms with Gasteiger partial charge in [-0.25, -0.2) is 4.79 Å². The molecule has 0 aliphatic carbocycles. The van der Waals surface area contributed by atoms with Crippen LogP contribution in [0.4, 0.5) is 0 Å².